The van der Waals surface area contributed by atoms with Gasteiger partial charge in [0.2, 0.25) is 0 Å². The zero-order valence-electron chi connectivity index (χ0n) is 13.9. The first-order chi connectivity index (χ1) is 12.0. The molecule has 4 aromatic carbocycles. The van der Waals surface area contributed by atoms with E-state index in [2.05, 4.69) is 24.3 Å². The molecule has 0 radical (unpaired) electrons. The van der Waals surface area contributed by atoms with Crippen molar-refractivity contribution < 1.29 is 19.8 Å². The van der Waals surface area contributed by atoms with Crippen LogP contribution >= 0.6 is 0 Å². The van der Waals surface area contributed by atoms with Gasteiger partial charge in [-0.15, -0.1) is 0 Å². The molecule has 0 saturated carbocycles. The molecule has 0 aromatic heterocycles. The minimum Gasteiger partial charge on any atom is -0.184 e. The molecule has 0 fully saturated rings. The minimum absolute atomic E-state index is 0. The summed E-state index contributed by atoms with van der Waals surface area (Å²) in [5, 5.41) is 0. The van der Waals surface area contributed by atoms with Gasteiger partial charge in [-0.2, -0.15) is 146 Å². The number of benzene rings is 4. The van der Waals surface area contributed by atoms with E-state index in [1.807, 2.05) is 121 Å². The van der Waals surface area contributed by atoms with Crippen LogP contribution in [0.3, 0.4) is 0 Å². The maximum absolute atomic E-state index is 2.89. The molecule has 0 nitrogen and oxygen atoms in total. The average molecular weight is 499 g/mol. The van der Waals surface area contributed by atoms with Gasteiger partial charge in [-0.3, -0.25) is 0 Å². The van der Waals surface area contributed by atoms with E-state index in [0.29, 0.717) is 0 Å². The summed E-state index contributed by atoms with van der Waals surface area (Å²) in [6, 6.07) is 50.0. The Morgan fingerprint density at radius 1 is 0.240 bits per heavy atom. The molecular weight excluding hydrogens is 478 g/mol. The molecule has 0 amide bonds. The van der Waals surface area contributed by atoms with Gasteiger partial charge >= 0.3 is 19.8 Å². The van der Waals surface area contributed by atoms with Crippen molar-refractivity contribution in [3.8, 4) is 0 Å². The zero-order valence-corrected chi connectivity index (χ0v) is 16.4. The third-order valence-corrected chi connectivity index (χ3v) is 2.43. The van der Waals surface area contributed by atoms with Gasteiger partial charge in [0.25, 0.3) is 0 Å². The van der Waals surface area contributed by atoms with Crippen LogP contribution in [0.2, 0.25) is 0 Å². The minimum atomic E-state index is 0. The molecule has 0 saturated heterocycles. The van der Waals surface area contributed by atoms with Gasteiger partial charge in [-0.1, -0.05) is 0 Å². The third-order valence-electron chi connectivity index (χ3n) is 2.43. The van der Waals surface area contributed by atoms with Crippen LogP contribution in [0.15, 0.2) is 121 Å². The number of rotatable bonds is 0. The van der Waals surface area contributed by atoms with Crippen molar-refractivity contribution in [2.75, 3.05) is 0 Å². The Kier molecular flexibility index (Phi) is 17.6. The first kappa shape index (κ1) is 22.5. The second-order valence-electron chi connectivity index (χ2n) is 4.31. The Morgan fingerprint density at radius 2 is 0.400 bits per heavy atom. The van der Waals surface area contributed by atoms with Crippen molar-refractivity contribution in [3.63, 3.8) is 0 Å². The van der Waals surface area contributed by atoms with E-state index in [1.54, 1.807) is 0 Å². The average Bonchev–Trinajstić information content (AvgIpc) is 2.75. The number of hydrogen-bond donors (Lipinski definition) is 0. The van der Waals surface area contributed by atoms with Crippen LogP contribution in [-0.4, -0.2) is 0 Å². The quantitative estimate of drug-likeness (QED) is 0.263. The molecule has 25 heavy (non-hydrogen) atoms. The molecule has 0 N–H and O–H groups in total. The van der Waals surface area contributed by atoms with Gasteiger partial charge in [0.15, 0.2) is 0 Å². The summed E-state index contributed by atoms with van der Waals surface area (Å²) < 4.78 is 0. The molecule has 0 heterocycles. The van der Waals surface area contributed by atoms with Crippen LogP contribution in [0.1, 0.15) is 0 Å². The van der Waals surface area contributed by atoms with Gasteiger partial charge in [-0.25, -0.2) is 0 Å². The van der Waals surface area contributed by atoms with Crippen molar-refractivity contribution in [2.45, 2.75) is 0 Å². The van der Waals surface area contributed by atoms with E-state index in [-0.39, 0.29) is 19.8 Å². The van der Waals surface area contributed by atoms with Crippen LogP contribution in [-0.2, 0) is 19.8 Å². The zero-order chi connectivity index (χ0) is 17.0. The molecule has 1 heteroatoms. The van der Waals surface area contributed by atoms with Crippen molar-refractivity contribution in [3.05, 3.63) is 146 Å². The summed E-state index contributed by atoms with van der Waals surface area (Å²) in [5.74, 6) is 0. The van der Waals surface area contributed by atoms with Gasteiger partial charge in [0.05, 0.1) is 0 Å². The number of hydrogen-bond acceptors (Lipinski definition) is 0. The Hall–Kier alpha value is -2.48. The monoisotopic (exact) mass is 500 g/mol. The molecule has 0 unspecified atom stereocenters. The normalized spacial score (nSPS) is 7.68. The van der Waals surface area contributed by atoms with Crippen molar-refractivity contribution in [1.29, 1.82) is 0 Å². The summed E-state index contributed by atoms with van der Waals surface area (Å²) in [6.45, 7) is 0. The van der Waals surface area contributed by atoms with Gasteiger partial charge in [0, 0.05) is 0 Å². The Balaban J connectivity index is 0.000000303. The molecule has 0 aliphatic carbocycles. The topological polar surface area (TPSA) is 0 Å². The molecule has 0 spiro atoms. The maximum atomic E-state index is 2.89. The molecular formula is C24H20Os. The Morgan fingerprint density at radius 3 is 0.440 bits per heavy atom. The smallest absolute Gasteiger partial charge is 0.184 e. The summed E-state index contributed by atoms with van der Waals surface area (Å²) in [7, 11) is 0. The molecule has 4 rings (SSSR count). The molecule has 0 aliphatic rings. The maximum Gasteiger partial charge on any atom is 4.00 e. The predicted molar refractivity (Wildman–Crippen MR) is 101 cm³/mol. The van der Waals surface area contributed by atoms with Crippen molar-refractivity contribution in [2.24, 2.45) is 0 Å². The summed E-state index contributed by atoms with van der Waals surface area (Å²) in [6.07, 6.45) is 0. The third kappa shape index (κ3) is 17.7. The van der Waals surface area contributed by atoms with Gasteiger partial charge in [0.1, 0.15) is 0 Å². The van der Waals surface area contributed by atoms with Crippen molar-refractivity contribution >= 4 is 0 Å². The molecule has 4 aromatic rings. The fraction of sp³-hybridized carbons (Fsp3) is 0. The van der Waals surface area contributed by atoms with Crippen LogP contribution in [0.4, 0.5) is 0 Å². The molecule has 0 atom stereocenters. The van der Waals surface area contributed by atoms with Crippen LogP contribution in [0.25, 0.3) is 0 Å². The largest absolute Gasteiger partial charge is 4.00 e. The van der Waals surface area contributed by atoms with Gasteiger partial charge in [-0.05, 0) is 0 Å². The van der Waals surface area contributed by atoms with Crippen LogP contribution in [0.5, 0.6) is 0 Å². The predicted octanol–water partition coefficient (Wildman–Crippen LogP) is 5.94. The summed E-state index contributed by atoms with van der Waals surface area (Å²) in [4.78, 5) is 0. The van der Waals surface area contributed by atoms with E-state index in [0.717, 1.165) is 0 Å². The Labute approximate surface area is 165 Å². The van der Waals surface area contributed by atoms with Crippen LogP contribution in [0, 0.1) is 24.3 Å². The SMILES string of the molecule is [Os+4].[c-]1ccccc1.[c-]1ccccc1.[c-]1ccccc1.[c-]1ccccc1. The second-order valence-corrected chi connectivity index (χ2v) is 4.31. The van der Waals surface area contributed by atoms with E-state index in [1.165, 1.54) is 0 Å². The van der Waals surface area contributed by atoms with E-state index in [4.69, 9.17) is 0 Å². The van der Waals surface area contributed by atoms with Crippen molar-refractivity contribution in [1.82, 2.24) is 0 Å². The second kappa shape index (κ2) is 19.6. The van der Waals surface area contributed by atoms with E-state index < -0.39 is 0 Å². The summed E-state index contributed by atoms with van der Waals surface area (Å²) in [5.41, 5.74) is 0. The molecule has 124 valence electrons. The standard InChI is InChI=1S/4C6H5.Os/c4*1-2-4-6-5-3-1;/h4*1-5H;/q4*-1;+4. The summed E-state index contributed by atoms with van der Waals surface area (Å²) >= 11 is 0. The molecule has 0 aliphatic heterocycles. The first-order valence-corrected chi connectivity index (χ1v) is 7.64. The fourth-order valence-corrected chi connectivity index (χ4v) is 1.37. The van der Waals surface area contributed by atoms with E-state index >= 15 is 0 Å². The van der Waals surface area contributed by atoms with E-state index in [9.17, 15) is 0 Å². The Bertz CT molecular complexity index is 420. The fourth-order valence-electron chi connectivity index (χ4n) is 1.37. The first-order valence-electron chi connectivity index (χ1n) is 7.64. The van der Waals surface area contributed by atoms with Crippen LogP contribution < -0.4 is 0 Å². The van der Waals surface area contributed by atoms with Gasteiger partial charge < -0.3 is 0 Å². The molecule has 0 bridgehead atoms.